The molecule has 1 aliphatic carbocycles. The molecule has 194 valence electrons. The van der Waals surface area contributed by atoms with Crippen LogP contribution in [-0.2, 0) is 20.6 Å². The molecular formula is C23H25N6Na2O7P+2. The number of aromatic nitrogens is 5. The Kier molecular flexibility index (Phi) is 11.3. The Labute approximate surface area is 268 Å². The number of hydrogen-bond donors (Lipinski definition) is 3. The van der Waals surface area contributed by atoms with Gasteiger partial charge in [0.05, 0.1) is 35.3 Å². The van der Waals surface area contributed by atoms with E-state index < -0.39 is 20.5 Å². The number of pyridine rings is 1. The molecule has 0 bridgehead atoms. The second-order valence-corrected chi connectivity index (χ2v) is 9.66. The van der Waals surface area contributed by atoms with Gasteiger partial charge in [0.2, 0.25) is 0 Å². The SMILES string of the molecule is CCOC1CC(n2cc(NC(=O)c3ccc(-c4cnn(COP(=O)(O)O)c4)o3)c(-c3ccccn3)n2)C1.[Na+].[Na+]. The Balaban J connectivity index is 0.00000210. The van der Waals surface area contributed by atoms with Crippen molar-refractivity contribution in [2.24, 2.45) is 0 Å². The largest absolute Gasteiger partial charge is 1.00 e. The van der Waals surface area contributed by atoms with Crippen LogP contribution in [-0.4, -0.2) is 52.9 Å². The third-order valence-electron chi connectivity index (χ3n) is 5.84. The number of carbonyl (C=O) groups excluding carboxylic acids is 1. The van der Waals surface area contributed by atoms with E-state index in [0.29, 0.717) is 35.0 Å². The third-order valence-corrected chi connectivity index (χ3v) is 6.29. The number of phosphoric acid groups is 1. The summed E-state index contributed by atoms with van der Waals surface area (Å²) in [5.74, 6) is -0.0559. The number of furan rings is 1. The van der Waals surface area contributed by atoms with Crippen LogP contribution in [0.2, 0.25) is 0 Å². The summed E-state index contributed by atoms with van der Waals surface area (Å²) in [5, 5.41) is 11.6. The van der Waals surface area contributed by atoms with E-state index in [1.807, 2.05) is 29.8 Å². The molecule has 0 aromatic carbocycles. The van der Waals surface area contributed by atoms with E-state index in [1.54, 1.807) is 18.5 Å². The molecule has 0 radical (unpaired) electrons. The monoisotopic (exact) mass is 574 g/mol. The molecule has 13 nitrogen and oxygen atoms in total. The Hall–Kier alpha value is -1.61. The quantitative estimate of drug-likeness (QED) is 0.136. The number of ether oxygens (including phenoxy) is 1. The van der Waals surface area contributed by atoms with Crippen LogP contribution in [0.5, 0.6) is 0 Å². The number of hydrogen-bond acceptors (Lipinski definition) is 8. The van der Waals surface area contributed by atoms with E-state index in [-0.39, 0.29) is 77.0 Å². The maximum absolute atomic E-state index is 13.1. The third kappa shape index (κ3) is 7.99. The van der Waals surface area contributed by atoms with Gasteiger partial charge in [0, 0.05) is 25.2 Å². The minimum atomic E-state index is -4.63. The van der Waals surface area contributed by atoms with Gasteiger partial charge in [-0.1, -0.05) is 6.07 Å². The average molecular weight is 574 g/mol. The summed E-state index contributed by atoms with van der Waals surface area (Å²) < 4.78 is 29.7. The molecule has 4 aromatic rings. The van der Waals surface area contributed by atoms with E-state index >= 15 is 0 Å². The van der Waals surface area contributed by atoms with Gasteiger partial charge in [-0.2, -0.15) is 10.2 Å². The Bertz CT molecular complexity index is 1430. The molecule has 0 spiro atoms. The number of anilines is 1. The number of nitrogens with one attached hydrogen (secondary N) is 1. The average Bonchev–Trinajstić information content (AvgIpc) is 3.59. The van der Waals surface area contributed by atoms with Crippen LogP contribution in [0, 0.1) is 0 Å². The van der Waals surface area contributed by atoms with E-state index in [0.717, 1.165) is 12.8 Å². The Morgan fingerprint density at radius 1 is 1.21 bits per heavy atom. The second-order valence-electron chi connectivity index (χ2n) is 8.42. The van der Waals surface area contributed by atoms with Crippen molar-refractivity contribution in [2.45, 2.75) is 38.6 Å². The molecule has 1 amide bonds. The molecule has 4 aromatic heterocycles. The summed E-state index contributed by atoms with van der Waals surface area (Å²) in [6.07, 6.45) is 8.28. The first-order valence-electron chi connectivity index (χ1n) is 11.6. The smallest absolute Gasteiger partial charge is 0.451 e. The predicted octanol–water partition coefficient (Wildman–Crippen LogP) is -2.53. The van der Waals surface area contributed by atoms with Crippen molar-refractivity contribution >= 4 is 19.4 Å². The normalized spacial score (nSPS) is 16.6. The van der Waals surface area contributed by atoms with E-state index in [2.05, 4.69) is 19.9 Å². The van der Waals surface area contributed by atoms with Crippen LogP contribution in [0.4, 0.5) is 5.69 Å². The first kappa shape index (κ1) is 31.9. The minimum absolute atomic E-state index is 0. The molecule has 3 N–H and O–H groups in total. The van der Waals surface area contributed by atoms with Crippen LogP contribution in [0.25, 0.3) is 22.7 Å². The van der Waals surface area contributed by atoms with Crippen LogP contribution in [0.15, 0.2) is 59.5 Å². The fraction of sp³-hybridized carbons (Fsp3) is 0.304. The van der Waals surface area contributed by atoms with Crippen molar-refractivity contribution in [1.82, 2.24) is 24.5 Å². The maximum atomic E-state index is 13.1. The molecular weight excluding hydrogens is 549 g/mol. The van der Waals surface area contributed by atoms with Crippen LogP contribution in [0.3, 0.4) is 0 Å². The van der Waals surface area contributed by atoms with Gasteiger partial charge in [0.15, 0.2) is 12.5 Å². The van der Waals surface area contributed by atoms with Crippen LogP contribution >= 0.6 is 7.82 Å². The van der Waals surface area contributed by atoms with E-state index in [1.165, 1.54) is 23.1 Å². The number of amides is 1. The zero-order chi connectivity index (χ0) is 26.0. The summed E-state index contributed by atoms with van der Waals surface area (Å²) in [4.78, 5) is 35.1. The molecule has 0 aliphatic heterocycles. The molecule has 0 unspecified atom stereocenters. The fourth-order valence-electron chi connectivity index (χ4n) is 3.98. The number of carbonyl (C=O) groups is 1. The van der Waals surface area contributed by atoms with Crippen LogP contribution < -0.4 is 64.4 Å². The predicted molar refractivity (Wildman–Crippen MR) is 130 cm³/mol. The Morgan fingerprint density at radius 3 is 2.69 bits per heavy atom. The first-order chi connectivity index (χ1) is 17.8. The van der Waals surface area contributed by atoms with Crippen molar-refractivity contribution in [2.75, 3.05) is 11.9 Å². The first-order valence-corrected chi connectivity index (χ1v) is 13.1. The van der Waals surface area contributed by atoms with Gasteiger partial charge in [-0.05, 0) is 44.0 Å². The summed E-state index contributed by atoms with van der Waals surface area (Å²) in [6, 6.07) is 8.78. The fourth-order valence-corrected chi connectivity index (χ4v) is 4.25. The van der Waals surface area contributed by atoms with Crippen molar-refractivity contribution in [3.63, 3.8) is 0 Å². The summed E-state index contributed by atoms with van der Waals surface area (Å²) in [7, 11) is -4.63. The molecule has 4 heterocycles. The zero-order valence-electron chi connectivity index (χ0n) is 21.8. The maximum Gasteiger partial charge on any atom is 1.00 e. The molecule has 1 fully saturated rings. The number of phosphoric ester groups is 1. The number of nitrogens with zero attached hydrogens (tertiary/aromatic N) is 5. The van der Waals surface area contributed by atoms with Gasteiger partial charge in [-0.25, -0.2) is 9.25 Å². The van der Waals surface area contributed by atoms with Crippen LogP contribution in [0.1, 0.15) is 36.4 Å². The molecule has 39 heavy (non-hydrogen) atoms. The van der Waals surface area contributed by atoms with Crippen molar-refractivity contribution < 1.29 is 91.9 Å². The van der Waals surface area contributed by atoms with Gasteiger partial charge in [0.1, 0.15) is 11.5 Å². The van der Waals surface area contributed by atoms with Gasteiger partial charge < -0.3 is 24.3 Å². The van der Waals surface area contributed by atoms with Crippen molar-refractivity contribution in [3.05, 3.63) is 60.9 Å². The van der Waals surface area contributed by atoms with Gasteiger partial charge in [-0.15, -0.1) is 0 Å². The van der Waals surface area contributed by atoms with E-state index in [9.17, 15) is 9.36 Å². The molecule has 16 heteroatoms. The van der Waals surface area contributed by atoms with Crippen molar-refractivity contribution in [1.29, 1.82) is 0 Å². The van der Waals surface area contributed by atoms with Gasteiger partial charge in [-0.3, -0.25) is 19.0 Å². The zero-order valence-corrected chi connectivity index (χ0v) is 26.7. The Morgan fingerprint density at radius 2 is 2.00 bits per heavy atom. The molecule has 5 rings (SSSR count). The summed E-state index contributed by atoms with van der Waals surface area (Å²) >= 11 is 0. The standard InChI is InChI=1S/C23H25N6O7P.2Na/c1-2-34-17-9-16(10-17)29-13-19(22(27-29)18-5-3-4-8-24-18)26-23(30)21-7-6-20(36-21)15-11-25-28(12-15)14-35-37(31,32)33;;/h3-8,11-13,16-17H,2,9-10,14H2,1H3,(H,26,30)(H2,31,32,33);;/q;2*+1. The number of rotatable bonds is 10. The van der Waals surface area contributed by atoms with Gasteiger partial charge in [0.25, 0.3) is 5.91 Å². The molecule has 1 saturated carbocycles. The van der Waals surface area contributed by atoms with Crippen molar-refractivity contribution in [3.8, 4) is 22.7 Å². The van der Waals surface area contributed by atoms with Gasteiger partial charge >= 0.3 is 66.9 Å². The second kappa shape index (κ2) is 13.8. The molecule has 0 saturated heterocycles. The topological polar surface area (TPSA) is 167 Å². The van der Waals surface area contributed by atoms with E-state index in [4.69, 9.17) is 24.0 Å². The summed E-state index contributed by atoms with van der Waals surface area (Å²) in [5.41, 5.74) is 2.18. The molecule has 0 atom stereocenters. The summed E-state index contributed by atoms with van der Waals surface area (Å²) in [6.45, 7) is 2.20. The minimum Gasteiger partial charge on any atom is -0.451 e. The molecule has 1 aliphatic rings.